The summed E-state index contributed by atoms with van der Waals surface area (Å²) in [4.78, 5) is 26.8. The van der Waals surface area contributed by atoms with E-state index in [1.807, 2.05) is 5.32 Å². The molecule has 3 N–H and O–H groups in total. The molecular formula is C14H15F3N4O2S. The number of aryl methyl sites for hydroxylation is 1. The van der Waals surface area contributed by atoms with Gasteiger partial charge in [-0.1, -0.05) is 25.6 Å². The molecule has 0 aromatic carbocycles. The lowest BCUT2D eigenvalue weighted by Crippen LogP contribution is -2.42. The Morgan fingerprint density at radius 3 is 2.42 bits per heavy atom. The summed E-state index contributed by atoms with van der Waals surface area (Å²) in [6, 6.07) is 1.20. The normalized spacial score (nSPS) is 12.6. The summed E-state index contributed by atoms with van der Waals surface area (Å²) in [5.74, 6) is -1.11. The second kappa shape index (κ2) is 7.53. The highest BCUT2D eigenvalue weighted by molar-refractivity contribution is 8.00. The number of nitriles is 1. The van der Waals surface area contributed by atoms with Gasteiger partial charge >= 0.3 is 12.2 Å². The Balaban J connectivity index is 3.35. The lowest BCUT2D eigenvalue weighted by Gasteiger charge is -2.20. The average molecular weight is 360 g/mol. The van der Waals surface area contributed by atoms with Gasteiger partial charge in [-0.25, -0.2) is 9.78 Å². The van der Waals surface area contributed by atoms with Crippen LogP contribution in [0.1, 0.15) is 30.7 Å². The van der Waals surface area contributed by atoms with Crippen molar-refractivity contribution in [3.05, 3.63) is 22.9 Å². The molecule has 0 radical (unpaired) electrons. The highest BCUT2D eigenvalue weighted by atomic mass is 32.2. The molecular weight excluding hydrogens is 345 g/mol. The summed E-state index contributed by atoms with van der Waals surface area (Å²) in [6.07, 6.45) is -4.73. The summed E-state index contributed by atoms with van der Waals surface area (Å²) in [5.41, 5.74) is 3.18. The van der Waals surface area contributed by atoms with Crippen LogP contribution in [0, 0.1) is 24.2 Å². The number of aromatic nitrogens is 1. The second-order valence-electron chi connectivity index (χ2n) is 5.24. The minimum atomic E-state index is -4.73. The van der Waals surface area contributed by atoms with Gasteiger partial charge in [0.15, 0.2) is 0 Å². The number of nitrogens with one attached hydrogen (secondary N) is 1. The number of hydrogen-bond acceptors (Lipinski definition) is 5. The number of nitrogens with two attached hydrogens (primary N) is 1. The van der Waals surface area contributed by atoms with Crippen molar-refractivity contribution in [2.45, 2.75) is 37.2 Å². The van der Waals surface area contributed by atoms with Gasteiger partial charge < -0.3 is 5.73 Å². The Morgan fingerprint density at radius 2 is 2.00 bits per heavy atom. The van der Waals surface area contributed by atoms with E-state index in [1.165, 1.54) is 13.0 Å². The first-order chi connectivity index (χ1) is 11.0. The summed E-state index contributed by atoms with van der Waals surface area (Å²) < 4.78 is 39.3. The predicted molar refractivity (Wildman–Crippen MR) is 80.9 cm³/mol. The van der Waals surface area contributed by atoms with Crippen LogP contribution < -0.4 is 11.1 Å². The summed E-state index contributed by atoms with van der Waals surface area (Å²) in [7, 11) is 0. The predicted octanol–water partition coefficient (Wildman–Crippen LogP) is 2.59. The first kappa shape index (κ1) is 19.8. The Bertz CT molecular complexity index is 698. The maximum absolute atomic E-state index is 13.1. The molecule has 1 heterocycles. The van der Waals surface area contributed by atoms with E-state index in [2.05, 4.69) is 4.98 Å². The molecule has 24 heavy (non-hydrogen) atoms. The maximum atomic E-state index is 13.1. The van der Waals surface area contributed by atoms with Crippen LogP contribution in [0.5, 0.6) is 0 Å². The van der Waals surface area contributed by atoms with E-state index in [0.29, 0.717) is 11.8 Å². The molecule has 0 fully saturated rings. The van der Waals surface area contributed by atoms with Crippen LogP contribution in [0.25, 0.3) is 0 Å². The number of alkyl halides is 3. The van der Waals surface area contributed by atoms with E-state index >= 15 is 0 Å². The van der Waals surface area contributed by atoms with Crippen LogP contribution in [0.4, 0.5) is 18.0 Å². The fourth-order valence-electron chi connectivity index (χ4n) is 1.87. The van der Waals surface area contributed by atoms with Crippen molar-refractivity contribution in [1.29, 1.82) is 5.26 Å². The summed E-state index contributed by atoms with van der Waals surface area (Å²) >= 11 is 0.689. The molecule has 130 valence electrons. The number of nitrogens with zero attached hydrogens (tertiary/aromatic N) is 2. The van der Waals surface area contributed by atoms with E-state index in [-0.39, 0.29) is 16.6 Å². The lowest BCUT2D eigenvalue weighted by molar-refractivity contribution is -0.138. The zero-order valence-corrected chi connectivity index (χ0v) is 13.9. The van der Waals surface area contributed by atoms with Crippen LogP contribution in [0.15, 0.2) is 11.1 Å². The van der Waals surface area contributed by atoms with Crippen molar-refractivity contribution in [2.75, 3.05) is 0 Å². The van der Waals surface area contributed by atoms with E-state index in [4.69, 9.17) is 11.0 Å². The number of thioether (sulfide) groups is 1. The molecule has 0 aliphatic heterocycles. The Hall–Kier alpha value is -2.28. The van der Waals surface area contributed by atoms with Crippen molar-refractivity contribution in [3.63, 3.8) is 0 Å². The molecule has 0 saturated carbocycles. The van der Waals surface area contributed by atoms with Crippen molar-refractivity contribution in [1.82, 2.24) is 10.3 Å². The van der Waals surface area contributed by atoms with Gasteiger partial charge in [0, 0.05) is 5.69 Å². The molecule has 0 spiro atoms. The quantitative estimate of drug-likeness (QED) is 0.802. The summed E-state index contributed by atoms with van der Waals surface area (Å²) in [6.45, 7) is 4.64. The largest absolute Gasteiger partial charge is 0.417 e. The molecule has 1 aromatic rings. The molecule has 10 heteroatoms. The molecule has 0 bridgehead atoms. The van der Waals surface area contributed by atoms with E-state index in [0.717, 1.165) is 6.07 Å². The number of carbonyl (C=O) groups excluding carboxylic acids is 2. The standard InChI is InChI=1S/C14H15F3N4O2S/c1-6(2)10(11(22)21-13(19)23)24-12-8(5-18)9(14(15,16)17)4-7(3)20-12/h4,6,10H,1-3H3,(H3,19,21,22,23). The van der Waals surface area contributed by atoms with Gasteiger partial charge in [-0.15, -0.1) is 0 Å². The second-order valence-corrected chi connectivity index (χ2v) is 6.37. The lowest BCUT2D eigenvalue weighted by atomic mass is 10.1. The van der Waals surface area contributed by atoms with Crippen LogP contribution in [-0.4, -0.2) is 22.2 Å². The third-order valence-corrected chi connectivity index (χ3v) is 4.41. The number of hydrogen-bond donors (Lipinski definition) is 2. The highest BCUT2D eigenvalue weighted by Crippen LogP contribution is 2.37. The molecule has 0 saturated heterocycles. The maximum Gasteiger partial charge on any atom is 0.417 e. The molecule has 1 rings (SSSR count). The number of urea groups is 1. The molecule has 1 unspecified atom stereocenters. The highest BCUT2D eigenvalue weighted by Gasteiger charge is 2.36. The zero-order chi connectivity index (χ0) is 18.7. The number of imide groups is 1. The van der Waals surface area contributed by atoms with Gasteiger partial charge in [0.25, 0.3) is 0 Å². The Kier molecular flexibility index (Phi) is 6.20. The molecule has 3 amide bonds. The molecule has 6 nitrogen and oxygen atoms in total. The monoisotopic (exact) mass is 360 g/mol. The number of carbonyl (C=O) groups is 2. The topological polar surface area (TPSA) is 109 Å². The molecule has 0 aliphatic rings. The zero-order valence-electron chi connectivity index (χ0n) is 13.1. The van der Waals surface area contributed by atoms with Crippen LogP contribution in [0.3, 0.4) is 0 Å². The van der Waals surface area contributed by atoms with Crippen LogP contribution >= 0.6 is 11.8 Å². The molecule has 0 aliphatic carbocycles. The van der Waals surface area contributed by atoms with E-state index in [9.17, 15) is 22.8 Å². The number of pyridine rings is 1. The molecule has 1 atom stereocenters. The van der Waals surface area contributed by atoms with Crippen molar-refractivity contribution in [2.24, 2.45) is 11.7 Å². The van der Waals surface area contributed by atoms with Gasteiger partial charge in [0.2, 0.25) is 5.91 Å². The van der Waals surface area contributed by atoms with Gasteiger partial charge in [0.1, 0.15) is 11.1 Å². The first-order valence-electron chi connectivity index (χ1n) is 6.73. The van der Waals surface area contributed by atoms with Crippen LogP contribution in [0.2, 0.25) is 0 Å². The minimum absolute atomic E-state index is 0.0571. The fourth-order valence-corrected chi connectivity index (χ4v) is 3.02. The third kappa shape index (κ3) is 4.86. The first-order valence-corrected chi connectivity index (χ1v) is 7.61. The summed E-state index contributed by atoms with van der Waals surface area (Å²) in [5, 5.41) is 9.83. The van der Waals surface area contributed by atoms with Gasteiger partial charge in [-0.3, -0.25) is 10.1 Å². The van der Waals surface area contributed by atoms with Crippen molar-refractivity contribution in [3.8, 4) is 6.07 Å². The van der Waals surface area contributed by atoms with Crippen molar-refractivity contribution < 1.29 is 22.8 Å². The minimum Gasteiger partial charge on any atom is -0.351 e. The SMILES string of the molecule is Cc1cc(C(F)(F)F)c(C#N)c(SC(C(=O)NC(N)=O)C(C)C)n1. The third-order valence-electron chi connectivity index (χ3n) is 2.88. The van der Waals surface area contributed by atoms with Gasteiger partial charge in [0.05, 0.1) is 16.4 Å². The number of rotatable bonds is 4. The number of primary amides is 1. The Labute approximate surface area is 140 Å². The van der Waals surface area contributed by atoms with Gasteiger partial charge in [-0.05, 0) is 18.9 Å². The number of amides is 3. The van der Waals surface area contributed by atoms with Gasteiger partial charge in [-0.2, -0.15) is 18.4 Å². The smallest absolute Gasteiger partial charge is 0.351 e. The van der Waals surface area contributed by atoms with E-state index < -0.39 is 34.5 Å². The fraction of sp³-hybridized carbons (Fsp3) is 0.429. The van der Waals surface area contributed by atoms with Crippen molar-refractivity contribution >= 4 is 23.7 Å². The Morgan fingerprint density at radius 1 is 1.42 bits per heavy atom. The van der Waals surface area contributed by atoms with Crippen LogP contribution in [-0.2, 0) is 11.0 Å². The number of halogens is 3. The molecule has 1 aromatic heterocycles. The average Bonchev–Trinajstić information content (AvgIpc) is 2.41. The van der Waals surface area contributed by atoms with E-state index in [1.54, 1.807) is 13.8 Å².